The molecule has 2 unspecified atom stereocenters. The Hall–Kier alpha value is -1.88. The van der Waals surface area contributed by atoms with Gasteiger partial charge in [-0.15, -0.1) is 0 Å². The molecule has 0 spiro atoms. The molecule has 5 nitrogen and oxygen atoms in total. The number of amides is 1. The smallest absolute Gasteiger partial charge is 0.335 e. The maximum Gasteiger partial charge on any atom is 0.335 e. The van der Waals surface area contributed by atoms with Crippen molar-refractivity contribution in [1.82, 2.24) is 5.32 Å². The van der Waals surface area contributed by atoms with Gasteiger partial charge in [-0.25, -0.2) is 4.79 Å². The minimum Gasteiger partial charge on any atom is -0.478 e. The molecule has 2 rings (SSSR count). The average Bonchev–Trinajstić information content (AvgIpc) is 2.46. The summed E-state index contributed by atoms with van der Waals surface area (Å²) in [4.78, 5) is 22.8. The number of aliphatic hydroxyl groups excluding tert-OH is 1. The third-order valence-corrected chi connectivity index (χ3v) is 3.77. The van der Waals surface area contributed by atoms with Crippen molar-refractivity contribution in [3.63, 3.8) is 0 Å². The minimum atomic E-state index is -1.05. The molecule has 108 valence electrons. The van der Waals surface area contributed by atoms with Crippen LogP contribution in [0, 0.1) is 5.92 Å². The number of hydrogen-bond acceptors (Lipinski definition) is 3. The SMILES string of the molecule is O=C(O)c1cccc(C(=O)NCC2CCCCC2O)c1. The number of nitrogens with one attached hydrogen (secondary N) is 1. The third kappa shape index (κ3) is 3.57. The normalized spacial score (nSPS) is 22.2. The zero-order valence-corrected chi connectivity index (χ0v) is 11.2. The molecule has 0 bridgehead atoms. The molecular formula is C15H19NO4. The highest BCUT2D eigenvalue weighted by molar-refractivity contribution is 5.97. The molecule has 1 fully saturated rings. The maximum absolute atomic E-state index is 12.0. The molecule has 1 amide bonds. The highest BCUT2D eigenvalue weighted by Crippen LogP contribution is 2.23. The van der Waals surface area contributed by atoms with Gasteiger partial charge in [0, 0.05) is 18.0 Å². The van der Waals surface area contributed by atoms with Crippen LogP contribution in [0.25, 0.3) is 0 Å². The Morgan fingerprint density at radius 3 is 2.60 bits per heavy atom. The van der Waals surface area contributed by atoms with Crippen molar-refractivity contribution in [3.05, 3.63) is 35.4 Å². The second kappa shape index (κ2) is 6.52. The van der Waals surface area contributed by atoms with Gasteiger partial charge in [0.05, 0.1) is 11.7 Å². The summed E-state index contributed by atoms with van der Waals surface area (Å²) < 4.78 is 0. The monoisotopic (exact) mass is 277 g/mol. The predicted octanol–water partition coefficient (Wildman–Crippen LogP) is 1.67. The van der Waals surface area contributed by atoms with Gasteiger partial charge in [0.15, 0.2) is 0 Å². The molecule has 0 saturated heterocycles. The zero-order chi connectivity index (χ0) is 14.5. The molecule has 1 aliphatic carbocycles. The van der Waals surface area contributed by atoms with Crippen molar-refractivity contribution in [1.29, 1.82) is 0 Å². The number of aliphatic hydroxyl groups is 1. The second-order valence-electron chi connectivity index (χ2n) is 5.21. The van der Waals surface area contributed by atoms with E-state index in [1.165, 1.54) is 12.1 Å². The third-order valence-electron chi connectivity index (χ3n) is 3.77. The first-order valence-electron chi connectivity index (χ1n) is 6.87. The Bertz CT molecular complexity index is 500. The average molecular weight is 277 g/mol. The van der Waals surface area contributed by atoms with Crippen LogP contribution in [0.4, 0.5) is 0 Å². The van der Waals surface area contributed by atoms with Crippen LogP contribution in [-0.2, 0) is 0 Å². The molecule has 1 aromatic carbocycles. The van der Waals surface area contributed by atoms with Crippen molar-refractivity contribution in [2.24, 2.45) is 5.92 Å². The fourth-order valence-corrected chi connectivity index (χ4v) is 2.55. The Morgan fingerprint density at radius 1 is 1.20 bits per heavy atom. The van der Waals surface area contributed by atoms with Crippen LogP contribution >= 0.6 is 0 Å². The first-order valence-corrected chi connectivity index (χ1v) is 6.87. The summed E-state index contributed by atoms with van der Waals surface area (Å²) in [5.74, 6) is -1.26. The number of benzene rings is 1. The van der Waals surface area contributed by atoms with E-state index in [9.17, 15) is 14.7 Å². The Labute approximate surface area is 117 Å². The van der Waals surface area contributed by atoms with Crippen LogP contribution < -0.4 is 5.32 Å². The number of carbonyl (C=O) groups is 2. The van der Waals surface area contributed by atoms with Crippen molar-refractivity contribution >= 4 is 11.9 Å². The molecule has 0 aliphatic heterocycles. The van der Waals surface area contributed by atoms with E-state index in [1.54, 1.807) is 12.1 Å². The molecule has 0 radical (unpaired) electrons. The van der Waals surface area contributed by atoms with Gasteiger partial charge in [0.25, 0.3) is 5.91 Å². The van der Waals surface area contributed by atoms with Crippen LogP contribution in [0.15, 0.2) is 24.3 Å². The molecule has 20 heavy (non-hydrogen) atoms. The van der Waals surface area contributed by atoms with Crippen molar-refractivity contribution < 1.29 is 19.8 Å². The summed E-state index contributed by atoms with van der Waals surface area (Å²) in [6.45, 7) is 0.428. The molecule has 1 saturated carbocycles. The molecule has 2 atom stereocenters. The van der Waals surface area contributed by atoms with Gasteiger partial charge in [-0.1, -0.05) is 18.9 Å². The van der Waals surface area contributed by atoms with E-state index in [-0.39, 0.29) is 23.5 Å². The van der Waals surface area contributed by atoms with E-state index in [0.717, 1.165) is 25.7 Å². The number of carbonyl (C=O) groups excluding carboxylic acids is 1. The van der Waals surface area contributed by atoms with Gasteiger partial charge in [-0.2, -0.15) is 0 Å². The summed E-state index contributed by atoms with van der Waals surface area (Å²) in [7, 11) is 0. The fourth-order valence-electron chi connectivity index (χ4n) is 2.55. The second-order valence-corrected chi connectivity index (χ2v) is 5.21. The predicted molar refractivity (Wildman–Crippen MR) is 73.7 cm³/mol. The first-order chi connectivity index (χ1) is 9.58. The maximum atomic E-state index is 12.0. The zero-order valence-electron chi connectivity index (χ0n) is 11.2. The minimum absolute atomic E-state index is 0.0929. The molecule has 1 aliphatic rings. The lowest BCUT2D eigenvalue weighted by atomic mass is 9.86. The van der Waals surface area contributed by atoms with Crippen molar-refractivity contribution in [2.45, 2.75) is 31.8 Å². The van der Waals surface area contributed by atoms with E-state index >= 15 is 0 Å². The van der Waals surface area contributed by atoms with Crippen LogP contribution in [0.5, 0.6) is 0 Å². The number of rotatable bonds is 4. The first kappa shape index (κ1) is 14.5. The van der Waals surface area contributed by atoms with E-state index < -0.39 is 5.97 Å². The van der Waals surface area contributed by atoms with Gasteiger partial charge in [-0.3, -0.25) is 4.79 Å². The van der Waals surface area contributed by atoms with Crippen LogP contribution in [0.3, 0.4) is 0 Å². The molecule has 1 aromatic rings. The fraction of sp³-hybridized carbons (Fsp3) is 0.467. The van der Waals surface area contributed by atoms with Crippen LogP contribution in [-0.4, -0.2) is 34.7 Å². The number of aromatic carboxylic acids is 1. The van der Waals surface area contributed by atoms with Gasteiger partial charge < -0.3 is 15.5 Å². The van der Waals surface area contributed by atoms with E-state index in [2.05, 4.69) is 5.32 Å². The standard InChI is InChI=1S/C15H19NO4/c17-13-7-2-1-4-12(13)9-16-14(18)10-5-3-6-11(8-10)15(19)20/h3,5-6,8,12-13,17H,1-2,4,7,9H2,(H,16,18)(H,19,20). The summed E-state index contributed by atoms with van der Waals surface area (Å²) in [6.07, 6.45) is 3.46. The number of carboxylic acids is 1. The molecule has 3 N–H and O–H groups in total. The van der Waals surface area contributed by atoms with Gasteiger partial charge in [-0.05, 0) is 31.0 Å². The lowest BCUT2D eigenvalue weighted by molar-refractivity contribution is 0.0662. The lowest BCUT2D eigenvalue weighted by Gasteiger charge is -2.27. The van der Waals surface area contributed by atoms with E-state index in [0.29, 0.717) is 12.1 Å². The van der Waals surface area contributed by atoms with Gasteiger partial charge in [0.2, 0.25) is 0 Å². The van der Waals surface area contributed by atoms with Crippen LogP contribution in [0.1, 0.15) is 46.4 Å². The quantitative estimate of drug-likeness (QED) is 0.781. The lowest BCUT2D eigenvalue weighted by Crippen LogP contribution is -2.36. The van der Waals surface area contributed by atoms with Crippen LogP contribution in [0.2, 0.25) is 0 Å². The summed E-state index contributed by atoms with van der Waals surface area (Å²) in [5.41, 5.74) is 0.422. The highest BCUT2D eigenvalue weighted by Gasteiger charge is 2.23. The van der Waals surface area contributed by atoms with Crippen molar-refractivity contribution in [3.8, 4) is 0 Å². The largest absolute Gasteiger partial charge is 0.478 e. The van der Waals surface area contributed by atoms with Gasteiger partial charge in [0.1, 0.15) is 0 Å². The highest BCUT2D eigenvalue weighted by atomic mass is 16.4. The molecule has 0 heterocycles. The summed E-state index contributed by atoms with van der Waals surface area (Å²) in [5, 5.41) is 21.5. The van der Waals surface area contributed by atoms with E-state index in [4.69, 9.17) is 5.11 Å². The Morgan fingerprint density at radius 2 is 1.90 bits per heavy atom. The Balaban J connectivity index is 1.94. The van der Waals surface area contributed by atoms with E-state index in [1.807, 2.05) is 0 Å². The molecule has 0 aromatic heterocycles. The summed E-state index contributed by atoms with van der Waals surface area (Å²) in [6, 6.07) is 5.94. The number of carboxylic acid groups (broad SMARTS) is 1. The van der Waals surface area contributed by atoms with Crippen molar-refractivity contribution in [2.75, 3.05) is 6.54 Å². The summed E-state index contributed by atoms with van der Waals surface area (Å²) >= 11 is 0. The Kier molecular flexibility index (Phi) is 4.74. The number of hydrogen-bond donors (Lipinski definition) is 3. The molecular weight excluding hydrogens is 258 g/mol. The topological polar surface area (TPSA) is 86.6 Å². The van der Waals surface area contributed by atoms with Gasteiger partial charge >= 0.3 is 5.97 Å². The molecule has 5 heteroatoms.